The van der Waals surface area contributed by atoms with Crippen LogP contribution in [-0.2, 0) is 4.79 Å². The average Bonchev–Trinajstić information content (AvgIpc) is 2.38. The molecule has 0 aliphatic rings. The van der Waals surface area contributed by atoms with Crippen LogP contribution in [0, 0.1) is 11.8 Å². The van der Waals surface area contributed by atoms with E-state index in [1.54, 1.807) is 13.1 Å². The standard InChI is InChI=1S/C15H13NOS/c1-12(17)18-10-3-2-5-13-7-8-15-14(11-13)6-4-9-16-15/h4,6-9,11H,3,10H2,1H3. The summed E-state index contributed by atoms with van der Waals surface area (Å²) >= 11 is 1.32. The van der Waals surface area contributed by atoms with E-state index in [4.69, 9.17) is 0 Å². The number of benzene rings is 1. The Labute approximate surface area is 111 Å². The number of rotatable bonds is 2. The Morgan fingerprint density at radius 2 is 2.28 bits per heavy atom. The van der Waals surface area contributed by atoms with Crippen LogP contribution in [-0.4, -0.2) is 15.9 Å². The van der Waals surface area contributed by atoms with Crippen molar-refractivity contribution in [2.45, 2.75) is 13.3 Å². The van der Waals surface area contributed by atoms with Gasteiger partial charge >= 0.3 is 0 Å². The summed E-state index contributed by atoms with van der Waals surface area (Å²) in [5.41, 5.74) is 1.97. The maximum Gasteiger partial charge on any atom is 0.185 e. The van der Waals surface area contributed by atoms with E-state index in [1.165, 1.54) is 11.8 Å². The normalized spacial score (nSPS) is 9.83. The van der Waals surface area contributed by atoms with Crippen molar-refractivity contribution in [2.24, 2.45) is 0 Å². The summed E-state index contributed by atoms with van der Waals surface area (Å²) in [6.45, 7) is 1.58. The highest BCUT2D eigenvalue weighted by atomic mass is 32.2. The van der Waals surface area contributed by atoms with Crippen LogP contribution in [0.15, 0.2) is 36.5 Å². The Morgan fingerprint density at radius 1 is 1.39 bits per heavy atom. The predicted molar refractivity (Wildman–Crippen MR) is 76.4 cm³/mol. The maximum absolute atomic E-state index is 10.7. The fourth-order valence-corrected chi connectivity index (χ4v) is 2.06. The first kappa shape index (κ1) is 12.7. The number of thioether (sulfide) groups is 1. The quantitative estimate of drug-likeness (QED) is 0.609. The Bertz CT molecular complexity index is 625. The molecule has 0 aliphatic heterocycles. The smallest absolute Gasteiger partial charge is 0.185 e. The molecule has 1 heterocycles. The van der Waals surface area contributed by atoms with Gasteiger partial charge in [-0.15, -0.1) is 0 Å². The zero-order chi connectivity index (χ0) is 12.8. The van der Waals surface area contributed by atoms with Gasteiger partial charge in [0.05, 0.1) is 5.52 Å². The van der Waals surface area contributed by atoms with Crippen molar-refractivity contribution in [3.8, 4) is 11.8 Å². The molecule has 0 N–H and O–H groups in total. The molecule has 0 radical (unpaired) electrons. The molecule has 0 saturated carbocycles. The zero-order valence-electron chi connectivity index (χ0n) is 10.1. The van der Waals surface area contributed by atoms with Gasteiger partial charge in [-0.2, -0.15) is 0 Å². The second kappa shape index (κ2) is 6.23. The fourth-order valence-electron chi connectivity index (χ4n) is 1.56. The van der Waals surface area contributed by atoms with Gasteiger partial charge in [-0.1, -0.05) is 29.7 Å². The second-order valence-corrected chi connectivity index (χ2v) is 5.07. The van der Waals surface area contributed by atoms with Gasteiger partial charge in [0.25, 0.3) is 0 Å². The van der Waals surface area contributed by atoms with E-state index in [9.17, 15) is 4.79 Å². The molecular formula is C15H13NOS. The van der Waals surface area contributed by atoms with E-state index in [1.807, 2.05) is 30.3 Å². The molecule has 0 fully saturated rings. The molecule has 1 aromatic carbocycles. The first-order chi connectivity index (χ1) is 8.75. The molecular weight excluding hydrogens is 242 g/mol. The van der Waals surface area contributed by atoms with Gasteiger partial charge in [-0.3, -0.25) is 9.78 Å². The molecule has 90 valence electrons. The van der Waals surface area contributed by atoms with Gasteiger partial charge in [0.2, 0.25) is 0 Å². The first-order valence-corrected chi connectivity index (χ1v) is 6.71. The lowest BCUT2D eigenvalue weighted by atomic mass is 10.1. The number of carbonyl (C=O) groups is 1. The van der Waals surface area contributed by atoms with Crippen LogP contribution in [0.25, 0.3) is 10.9 Å². The van der Waals surface area contributed by atoms with E-state index in [0.717, 1.165) is 28.6 Å². The van der Waals surface area contributed by atoms with Gasteiger partial charge in [-0.05, 0) is 24.3 Å². The van der Waals surface area contributed by atoms with Crippen molar-refractivity contribution < 1.29 is 4.79 Å². The van der Waals surface area contributed by atoms with Gasteiger partial charge < -0.3 is 0 Å². The third-order valence-electron chi connectivity index (χ3n) is 2.37. The van der Waals surface area contributed by atoms with Crippen LogP contribution in [0.2, 0.25) is 0 Å². The third-order valence-corrected chi connectivity index (χ3v) is 3.18. The number of hydrogen-bond acceptors (Lipinski definition) is 3. The van der Waals surface area contributed by atoms with E-state index in [0.29, 0.717) is 0 Å². The lowest BCUT2D eigenvalue weighted by Crippen LogP contribution is -1.84. The molecule has 2 rings (SSSR count). The summed E-state index contributed by atoms with van der Waals surface area (Å²) in [5.74, 6) is 6.95. The van der Waals surface area contributed by atoms with Crippen LogP contribution in [0.4, 0.5) is 0 Å². The Morgan fingerprint density at radius 3 is 3.11 bits per heavy atom. The van der Waals surface area contributed by atoms with Crippen molar-refractivity contribution in [1.82, 2.24) is 4.98 Å². The number of aromatic nitrogens is 1. The van der Waals surface area contributed by atoms with Crippen LogP contribution < -0.4 is 0 Å². The van der Waals surface area contributed by atoms with Crippen molar-refractivity contribution in [3.63, 3.8) is 0 Å². The molecule has 0 aliphatic carbocycles. The lowest BCUT2D eigenvalue weighted by Gasteiger charge is -1.96. The van der Waals surface area contributed by atoms with E-state index < -0.39 is 0 Å². The minimum absolute atomic E-state index is 0.147. The van der Waals surface area contributed by atoms with Crippen molar-refractivity contribution in [2.75, 3.05) is 5.75 Å². The molecule has 18 heavy (non-hydrogen) atoms. The number of hydrogen-bond donors (Lipinski definition) is 0. The fraction of sp³-hybridized carbons (Fsp3) is 0.200. The van der Waals surface area contributed by atoms with Crippen LogP contribution in [0.1, 0.15) is 18.9 Å². The van der Waals surface area contributed by atoms with E-state index in [-0.39, 0.29) is 5.12 Å². The molecule has 0 unspecified atom stereocenters. The predicted octanol–water partition coefficient (Wildman–Crippen LogP) is 3.26. The monoisotopic (exact) mass is 255 g/mol. The SMILES string of the molecule is CC(=O)SCCC#Cc1ccc2ncccc2c1. The minimum Gasteiger partial charge on any atom is -0.288 e. The Balaban J connectivity index is 2.03. The zero-order valence-corrected chi connectivity index (χ0v) is 11.0. The molecule has 2 aromatic rings. The summed E-state index contributed by atoms with van der Waals surface area (Å²) in [4.78, 5) is 15.0. The van der Waals surface area contributed by atoms with Crippen molar-refractivity contribution in [1.29, 1.82) is 0 Å². The van der Waals surface area contributed by atoms with Crippen molar-refractivity contribution >= 4 is 27.8 Å². The summed E-state index contributed by atoms with van der Waals surface area (Å²) in [7, 11) is 0. The summed E-state index contributed by atoms with van der Waals surface area (Å²) in [5, 5.41) is 1.25. The molecule has 0 bridgehead atoms. The van der Waals surface area contributed by atoms with Crippen molar-refractivity contribution in [3.05, 3.63) is 42.1 Å². The number of pyridine rings is 1. The number of fused-ring (bicyclic) bond motifs is 1. The van der Waals surface area contributed by atoms with Gasteiger partial charge in [-0.25, -0.2) is 0 Å². The molecule has 1 aromatic heterocycles. The lowest BCUT2D eigenvalue weighted by molar-refractivity contribution is -0.109. The van der Waals surface area contributed by atoms with E-state index in [2.05, 4.69) is 16.8 Å². The van der Waals surface area contributed by atoms with E-state index >= 15 is 0 Å². The molecule has 0 amide bonds. The maximum atomic E-state index is 10.7. The van der Waals surface area contributed by atoms with Crippen LogP contribution >= 0.6 is 11.8 Å². The molecule has 2 nitrogen and oxygen atoms in total. The topological polar surface area (TPSA) is 30.0 Å². The number of carbonyl (C=O) groups excluding carboxylic acids is 1. The van der Waals surface area contributed by atoms with Crippen LogP contribution in [0.5, 0.6) is 0 Å². The van der Waals surface area contributed by atoms with Crippen LogP contribution in [0.3, 0.4) is 0 Å². The molecule has 3 heteroatoms. The molecule has 0 atom stereocenters. The largest absolute Gasteiger partial charge is 0.288 e. The summed E-state index contributed by atoms with van der Waals surface area (Å²) in [6.07, 6.45) is 2.52. The van der Waals surface area contributed by atoms with Gasteiger partial charge in [0.15, 0.2) is 5.12 Å². The summed E-state index contributed by atoms with van der Waals surface area (Å²) in [6, 6.07) is 9.93. The third kappa shape index (κ3) is 3.61. The first-order valence-electron chi connectivity index (χ1n) is 5.73. The van der Waals surface area contributed by atoms with Gasteiger partial charge in [0.1, 0.15) is 0 Å². The minimum atomic E-state index is 0.147. The highest BCUT2D eigenvalue weighted by molar-refractivity contribution is 8.13. The molecule has 0 saturated heterocycles. The van der Waals surface area contributed by atoms with Gasteiger partial charge in [0, 0.05) is 36.2 Å². The average molecular weight is 255 g/mol. The Hall–Kier alpha value is -1.79. The summed E-state index contributed by atoms with van der Waals surface area (Å²) < 4.78 is 0. The highest BCUT2D eigenvalue weighted by Crippen LogP contribution is 2.12. The number of nitrogens with zero attached hydrogens (tertiary/aromatic N) is 1. The second-order valence-electron chi connectivity index (χ2n) is 3.80. The Kier molecular flexibility index (Phi) is 4.38. The molecule has 0 spiro atoms. The highest BCUT2D eigenvalue weighted by Gasteiger charge is 1.94.